The molecule has 0 heterocycles. The largest absolute Gasteiger partial charge is 0.416 e. The number of nitrogens with one attached hydrogen (secondary N) is 1. The van der Waals surface area contributed by atoms with Crippen LogP contribution in [0, 0.1) is 11.3 Å². The smallest absolute Gasteiger partial charge is 0.313 e. The van der Waals surface area contributed by atoms with Crippen LogP contribution in [0.5, 0.6) is 0 Å². The summed E-state index contributed by atoms with van der Waals surface area (Å²) in [5.41, 5.74) is 0.199. The summed E-state index contributed by atoms with van der Waals surface area (Å²) in [6, 6.07) is 5.74. The second-order valence-corrected chi connectivity index (χ2v) is 6.85. The molecular weight excluding hydrogens is 275 g/mol. The first-order valence-corrected chi connectivity index (χ1v) is 7.58. The molecule has 0 aromatic heterocycles. The normalized spacial score (nSPS) is 21.2. The zero-order valence-corrected chi connectivity index (χ0v) is 12.9. The monoisotopic (exact) mass is 299 g/mol. The first-order chi connectivity index (χ1) is 9.74. The molecule has 1 unspecified atom stereocenters. The summed E-state index contributed by atoms with van der Waals surface area (Å²) in [7, 11) is 1.76. The summed E-state index contributed by atoms with van der Waals surface area (Å²) >= 11 is 0. The zero-order valence-electron chi connectivity index (χ0n) is 12.9. The van der Waals surface area contributed by atoms with Gasteiger partial charge in [0.1, 0.15) is 0 Å². The SMILES string of the molecule is CNC(c1ccccc1C(F)(F)F)C1CCC(C)(C)CC1. The van der Waals surface area contributed by atoms with E-state index < -0.39 is 11.7 Å². The third kappa shape index (κ3) is 3.79. The molecule has 1 saturated carbocycles. The fourth-order valence-electron chi connectivity index (χ4n) is 3.43. The third-order valence-electron chi connectivity index (χ3n) is 4.77. The molecule has 21 heavy (non-hydrogen) atoms. The van der Waals surface area contributed by atoms with Crippen molar-refractivity contribution in [1.82, 2.24) is 5.32 Å². The Balaban J connectivity index is 2.27. The predicted octanol–water partition coefficient (Wildman–Crippen LogP) is 5.18. The molecular formula is C17H24F3N. The number of hydrogen-bond donors (Lipinski definition) is 1. The molecule has 0 amide bonds. The van der Waals surface area contributed by atoms with Gasteiger partial charge in [0.15, 0.2) is 0 Å². The minimum absolute atomic E-state index is 0.223. The van der Waals surface area contributed by atoms with Gasteiger partial charge in [0.2, 0.25) is 0 Å². The van der Waals surface area contributed by atoms with Crippen LogP contribution in [0.15, 0.2) is 24.3 Å². The van der Waals surface area contributed by atoms with Crippen molar-refractivity contribution in [3.05, 3.63) is 35.4 Å². The lowest BCUT2D eigenvalue weighted by molar-refractivity contribution is -0.138. The van der Waals surface area contributed by atoms with E-state index in [-0.39, 0.29) is 12.0 Å². The molecule has 0 spiro atoms. The summed E-state index contributed by atoms with van der Waals surface area (Å²) in [5, 5.41) is 3.13. The van der Waals surface area contributed by atoms with E-state index in [1.165, 1.54) is 12.1 Å². The third-order valence-corrected chi connectivity index (χ3v) is 4.77. The molecule has 0 saturated heterocycles. The molecule has 0 radical (unpaired) electrons. The molecule has 1 nitrogen and oxygen atoms in total. The van der Waals surface area contributed by atoms with Gasteiger partial charge in [0.05, 0.1) is 5.56 Å². The van der Waals surface area contributed by atoms with Crippen molar-refractivity contribution in [2.45, 2.75) is 51.7 Å². The number of benzene rings is 1. The molecule has 4 heteroatoms. The van der Waals surface area contributed by atoms with Crippen LogP contribution in [0.25, 0.3) is 0 Å². The maximum atomic E-state index is 13.2. The van der Waals surface area contributed by atoms with Crippen LogP contribution in [0.2, 0.25) is 0 Å². The van der Waals surface area contributed by atoms with Crippen LogP contribution in [-0.4, -0.2) is 7.05 Å². The van der Waals surface area contributed by atoms with Gasteiger partial charge in [0.25, 0.3) is 0 Å². The van der Waals surface area contributed by atoms with Crippen molar-refractivity contribution in [2.75, 3.05) is 7.05 Å². The second kappa shape index (κ2) is 5.99. The van der Waals surface area contributed by atoms with E-state index in [1.54, 1.807) is 19.2 Å². The van der Waals surface area contributed by atoms with Gasteiger partial charge in [-0.2, -0.15) is 13.2 Å². The van der Waals surface area contributed by atoms with E-state index >= 15 is 0 Å². The molecule has 1 atom stereocenters. The minimum atomic E-state index is -4.29. The fraction of sp³-hybridized carbons (Fsp3) is 0.647. The summed E-state index contributed by atoms with van der Waals surface area (Å²) < 4.78 is 39.6. The number of halogens is 3. The van der Waals surface area contributed by atoms with Gasteiger partial charge in [-0.05, 0) is 55.7 Å². The van der Waals surface area contributed by atoms with Crippen LogP contribution < -0.4 is 5.32 Å². The van der Waals surface area contributed by atoms with Gasteiger partial charge in [-0.25, -0.2) is 0 Å². The van der Waals surface area contributed by atoms with Crippen molar-refractivity contribution in [3.8, 4) is 0 Å². The lowest BCUT2D eigenvalue weighted by atomic mass is 9.70. The first kappa shape index (κ1) is 16.3. The molecule has 1 aromatic rings. The van der Waals surface area contributed by atoms with E-state index in [0.717, 1.165) is 25.7 Å². The Morgan fingerprint density at radius 1 is 1.14 bits per heavy atom. The Bertz CT molecular complexity index is 469. The highest BCUT2D eigenvalue weighted by atomic mass is 19.4. The van der Waals surface area contributed by atoms with Crippen LogP contribution in [-0.2, 0) is 6.18 Å². The average Bonchev–Trinajstić information content (AvgIpc) is 2.41. The molecule has 2 rings (SSSR count). The van der Waals surface area contributed by atoms with Gasteiger partial charge < -0.3 is 5.32 Å². The first-order valence-electron chi connectivity index (χ1n) is 7.58. The molecule has 1 aliphatic carbocycles. The Morgan fingerprint density at radius 2 is 1.71 bits per heavy atom. The quantitative estimate of drug-likeness (QED) is 0.810. The van der Waals surface area contributed by atoms with Crippen LogP contribution in [0.3, 0.4) is 0 Å². The Hall–Kier alpha value is -1.03. The standard InChI is InChI=1S/C17H24F3N/c1-16(2)10-8-12(9-11-16)15(21-3)13-6-4-5-7-14(13)17(18,19)20/h4-7,12,15,21H,8-11H2,1-3H3. The zero-order chi connectivity index (χ0) is 15.7. The lowest BCUT2D eigenvalue weighted by Gasteiger charge is -2.38. The van der Waals surface area contributed by atoms with Crippen molar-refractivity contribution in [3.63, 3.8) is 0 Å². The molecule has 118 valence electrons. The Labute approximate surface area is 124 Å². The van der Waals surface area contributed by atoms with Crippen molar-refractivity contribution in [2.24, 2.45) is 11.3 Å². The highest BCUT2D eigenvalue weighted by Crippen LogP contribution is 2.44. The number of rotatable bonds is 3. The second-order valence-electron chi connectivity index (χ2n) is 6.85. The van der Waals surface area contributed by atoms with Crippen molar-refractivity contribution in [1.29, 1.82) is 0 Å². The topological polar surface area (TPSA) is 12.0 Å². The highest BCUT2D eigenvalue weighted by Gasteiger charge is 2.38. The predicted molar refractivity (Wildman–Crippen MR) is 79.0 cm³/mol. The van der Waals surface area contributed by atoms with Crippen LogP contribution in [0.4, 0.5) is 13.2 Å². The number of alkyl halides is 3. The molecule has 1 aromatic carbocycles. The average molecular weight is 299 g/mol. The number of hydrogen-bond acceptors (Lipinski definition) is 1. The molecule has 0 bridgehead atoms. The van der Waals surface area contributed by atoms with Crippen molar-refractivity contribution >= 4 is 0 Å². The van der Waals surface area contributed by atoms with Crippen molar-refractivity contribution < 1.29 is 13.2 Å². The summed E-state index contributed by atoms with van der Waals surface area (Å²) in [6.07, 6.45) is -0.191. The maximum Gasteiger partial charge on any atom is 0.416 e. The summed E-state index contributed by atoms with van der Waals surface area (Å²) in [4.78, 5) is 0. The summed E-state index contributed by atoms with van der Waals surface area (Å²) in [6.45, 7) is 4.47. The minimum Gasteiger partial charge on any atom is -0.313 e. The van der Waals surface area contributed by atoms with Gasteiger partial charge >= 0.3 is 6.18 Å². The summed E-state index contributed by atoms with van der Waals surface area (Å²) in [5.74, 6) is 0.270. The van der Waals surface area contributed by atoms with Gasteiger partial charge in [-0.1, -0.05) is 32.0 Å². The van der Waals surface area contributed by atoms with E-state index in [2.05, 4.69) is 19.2 Å². The van der Waals surface area contributed by atoms with Gasteiger partial charge in [-0.3, -0.25) is 0 Å². The van der Waals surface area contributed by atoms with Crippen LogP contribution >= 0.6 is 0 Å². The van der Waals surface area contributed by atoms with E-state index in [4.69, 9.17) is 0 Å². The van der Waals surface area contributed by atoms with E-state index in [1.807, 2.05) is 0 Å². The Kier molecular flexibility index (Phi) is 4.66. The van der Waals surface area contributed by atoms with Gasteiger partial charge in [-0.15, -0.1) is 0 Å². The van der Waals surface area contributed by atoms with E-state index in [9.17, 15) is 13.2 Å². The lowest BCUT2D eigenvalue weighted by Crippen LogP contribution is -2.32. The van der Waals surface area contributed by atoms with Gasteiger partial charge in [0, 0.05) is 6.04 Å². The molecule has 0 aliphatic heterocycles. The maximum absolute atomic E-state index is 13.2. The highest BCUT2D eigenvalue weighted by molar-refractivity contribution is 5.33. The molecule has 1 aliphatic rings. The molecule has 1 fully saturated rings. The fourth-order valence-corrected chi connectivity index (χ4v) is 3.43. The molecule has 1 N–H and O–H groups in total. The van der Waals surface area contributed by atoms with E-state index in [0.29, 0.717) is 11.0 Å². The van der Waals surface area contributed by atoms with Crippen LogP contribution in [0.1, 0.15) is 56.7 Å². The Morgan fingerprint density at radius 3 is 2.24 bits per heavy atom.